The highest BCUT2D eigenvalue weighted by Crippen LogP contribution is 2.29. The van der Waals surface area contributed by atoms with E-state index in [1.165, 1.54) is 10.9 Å². The quantitative estimate of drug-likeness (QED) is 0.270. The van der Waals surface area contributed by atoms with Gasteiger partial charge in [0.1, 0.15) is 35.0 Å². The molecule has 1 saturated heterocycles. The van der Waals surface area contributed by atoms with Crippen LogP contribution in [0.25, 0.3) is 16.9 Å². The van der Waals surface area contributed by atoms with Crippen molar-refractivity contribution in [2.75, 3.05) is 25.9 Å². The first-order valence-electron chi connectivity index (χ1n) is 12.9. The van der Waals surface area contributed by atoms with Gasteiger partial charge in [0.05, 0.1) is 11.7 Å². The number of hydrogen-bond donors (Lipinski definition) is 2. The number of rotatable bonds is 7. The summed E-state index contributed by atoms with van der Waals surface area (Å²) in [5, 5.41) is 12.7. The summed E-state index contributed by atoms with van der Waals surface area (Å²) in [4.78, 5) is 37.2. The van der Waals surface area contributed by atoms with E-state index in [1.807, 2.05) is 50.2 Å². The molecule has 3 N–H and O–H groups in total. The number of aromatic nitrogens is 4. The predicted molar refractivity (Wildman–Crippen MR) is 151 cm³/mol. The Balaban J connectivity index is 1.48. The lowest BCUT2D eigenvalue weighted by Gasteiger charge is -2.21. The number of benzene rings is 2. The number of anilines is 1. The average Bonchev–Trinajstić information content (AvgIpc) is 3.55. The summed E-state index contributed by atoms with van der Waals surface area (Å²) in [7, 11) is 1.77. The van der Waals surface area contributed by atoms with E-state index in [2.05, 4.69) is 15.3 Å². The highest BCUT2D eigenvalue weighted by molar-refractivity contribution is 5.97. The fraction of sp³-hybridized carbons (Fsp3) is 0.276. The number of nitrogens with one attached hydrogen (secondary N) is 1. The molecule has 11 heteroatoms. The third-order valence-electron chi connectivity index (χ3n) is 7.07. The van der Waals surface area contributed by atoms with Crippen LogP contribution in [0.4, 0.5) is 5.82 Å². The lowest BCUT2D eigenvalue weighted by molar-refractivity contribution is -0.125. The van der Waals surface area contributed by atoms with Crippen molar-refractivity contribution in [2.24, 2.45) is 0 Å². The zero-order chi connectivity index (χ0) is 28.4. The van der Waals surface area contributed by atoms with Crippen molar-refractivity contribution in [3.05, 3.63) is 83.1 Å². The van der Waals surface area contributed by atoms with Crippen LogP contribution in [0.2, 0.25) is 0 Å². The van der Waals surface area contributed by atoms with Crippen molar-refractivity contribution in [3.63, 3.8) is 0 Å². The molecule has 1 fully saturated rings. The van der Waals surface area contributed by atoms with Gasteiger partial charge in [0, 0.05) is 18.6 Å². The number of fused-ring (bicyclic) bond motifs is 1. The van der Waals surface area contributed by atoms with Gasteiger partial charge in [-0.25, -0.2) is 14.8 Å². The van der Waals surface area contributed by atoms with Crippen LogP contribution in [0.3, 0.4) is 0 Å². The van der Waals surface area contributed by atoms with E-state index in [1.54, 1.807) is 46.9 Å². The number of carbonyl (C=O) groups excluding carboxylic acids is 1. The summed E-state index contributed by atoms with van der Waals surface area (Å²) in [6, 6.07) is 18.2. The molecule has 1 aliphatic heterocycles. The Morgan fingerprint density at radius 3 is 2.52 bits per heavy atom. The van der Waals surface area contributed by atoms with Crippen molar-refractivity contribution in [2.45, 2.75) is 31.8 Å². The van der Waals surface area contributed by atoms with Crippen LogP contribution in [0.15, 0.2) is 77.4 Å². The molecule has 4 aromatic rings. The van der Waals surface area contributed by atoms with Crippen molar-refractivity contribution in [1.82, 2.24) is 29.3 Å². The summed E-state index contributed by atoms with van der Waals surface area (Å²) in [6.45, 7) is 4.41. The maximum absolute atomic E-state index is 13.9. The summed E-state index contributed by atoms with van der Waals surface area (Å²) < 4.78 is 8.94. The van der Waals surface area contributed by atoms with Crippen LogP contribution in [0, 0.1) is 11.3 Å². The second-order valence-corrected chi connectivity index (χ2v) is 10.2. The van der Waals surface area contributed by atoms with E-state index in [-0.39, 0.29) is 35.6 Å². The number of amides is 1. The number of likely N-dealkylation sites (tertiary alicyclic amines) is 1. The van der Waals surface area contributed by atoms with Crippen molar-refractivity contribution < 1.29 is 9.53 Å². The van der Waals surface area contributed by atoms with Gasteiger partial charge in [0.15, 0.2) is 11.5 Å². The maximum Gasteiger partial charge on any atom is 0.335 e. The Labute approximate surface area is 231 Å². The standard InChI is InChI=1S/C29H30N8O3/c1-29(2,32-3)15-19(16-30)27(38)35-14-13-21(17-35)37-26-24(25(31)33-18-34-26)36(28(37)39)20-9-11-23(12-10-20)40-22-7-5-4-6-8-22/h4-12,15,18,21,32H,13-14,17H2,1-3H3,(H2,31,33,34). The number of nitrogens with two attached hydrogens (primary N) is 1. The first-order chi connectivity index (χ1) is 19.2. The number of carbonyl (C=O) groups is 1. The number of hydrogen-bond acceptors (Lipinski definition) is 8. The summed E-state index contributed by atoms with van der Waals surface area (Å²) in [5.41, 5.74) is 6.78. The monoisotopic (exact) mass is 538 g/mol. The zero-order valence-corrected chi connectivity index (χ0v) is 22.5. The van der Waals surface area contributed by atoms with Gasteiger partial charge in [-0.2, -0.15) is 5.26 Å². The molecule has 2 aromatic carbocycles. The van der Waals surface area contributed by atoms with Gasteiger partial charge < -0.3 is 20.7 Å². The molecule has 2 aromatic heterocycles. The van der Waals surface area contributed by atoms with E-state index >= 15 is 0 Å². The first kappa shape index (κ1) is 26.6. The van der Waals surface area contributed by atoms with Gasteiger partial charge in [0.25, 0.3) is 5.91 Å². The second-order valence-electron chi connectivity index (χ2n) is 10.2. The smallest absolute Gasteiger partial charge is 0.335 e. The molecule has 1 amide bonds. The fourth-order valence-corrected chi connectivity index (χ4v) is 4.81. The fourth-order valence-electron chi connectivity index (χ4n) is 4.81. The van der Waals surface area contributed by atoms with E-state index in [0.29, 0.717) is 41.3 Å². The Morgan fingerprint density at radius 2 is 1.85 bits per heavy atom. The molecule has 1 aliphatic rings. The topological polar surface area (TPSA) is 144 Å². The van der Waals surface area contributed by atoms with Gasteiger partial charge in [-0.3, -0.25) is 13.9 Å². The SMILES string of the molecule is CNC(C)(C)C=C(C#N)C(=O)N1CCC(n2c(=O)n(-c3ccc(Oc4ccccc4)cc3)c3c(N)ncnc32)C1. The average molecular weight is 539 g/mol. The maximum atomic E-state index is 13.9. The third kappa shape index (κ3) is 5.04. The van der Waals surface area contributed by atoms with Crippen LogP contribution in [-0.4, -0.2) is 55.6 Å². The Morgan fingerprint density at radius 1 is 1.15 bits per heavy atom. The minimum atomic E-state index is -0.527. The molecular formula is C29H30N8O3. The van der Waals surface area contributed by atoms with E-state index in [4.69, 9.17) is 10.5 Å². The molecule has 0 radical (unpaired) electrons. The molecular weight excluding hydrogens is 508 g/mol. The van der Waals surface area contributed by atoms with Gasteiger partial charge >= 0.3 is 5.69 Å². The summed E-state index contributed by atoms with van der Waals surface area (Å²) >= 11 is 0. The molecule has 204 valence electrons. The van der Waals surface area contributed by atoms with E-state index in [9.17, 15) is 14.9 Å². The highest BCUT2D eigenvalue weighted by Gasteiger charge is 2.33. The van der Waals surface area contributed by atoms with Gasteiger partial charge in [-0.05, 0) is 69.8 Å². The number of likely N-dealkylation sites (N-methyl/N-ethyl adjacent to an activating group) is 1. The number of ether oxygens (including phenoxy) is 1. The lowest BCUT2D eigenvalue weighted by Crippen LogP contribution is -2.37. The van der Waals surface area contributed by atoms with Gasteiger partial charge in [0.2, 0.25) is 0 Å². The highest BCUT2D eigenvalue weighted by atomic mass is 16.5. The molecule has 0 bridgehead atoms. The minimum Gasteiger partial charge on any atom is -0.457 e. The first-order valence-corrected chi connectivity index (χ1v) is 12.9. The van der Waals surface area contributed by atoms with Gasteiger partial charge in [-0.15, -0.1) is 0 Å². The molecule has 1 unspecified atom stereocenters. The minimum absolute atomic E-state index is 0.0548. The van der Waals surface area contributed by atoms with Crippen molar-refractivity contribution in [3.8, 4) is 23.3 Å². The molecule has 11 nitrogen and oxygen atoms in total. The van der Waals surface area contributed by atoms with Gasteiger partial charge in [-0.1, -0.05) is 18.2 Å². The number of nitrogens with zero attached hydrogens (tertiary/aromatic N) is 6. The number of nitrogen functional groups attached to an aromatic ring is 1. The third-order valence-corrected chi connectivity index (χ3v) is 7.07. The van der Waals surface area contributed by atoms with Crippen molar-refractivity contribution in [1.29, 1.82) is 5.26 Å². The van der Waals surface area contributed by atoms with Crippen LogP contribution >= 0.6 is 0 Å². The number of nitriles is 1. The zero-order valence-electron chi connectivity index (χ0n) is 22.5. The molecule has 3 heterocycles. The Hall–Kier alpha value is -4.95. The normalized spacial score (nSPS) is 15.8. The molecule has 0 saturated carbocycles. The number of para-hydroxylation sites is 1. The second kappa shape index (κ2) is 10.7. The van der Waals surface area contributed by atoms with E-state index in [0.717, 1.165) is 0 Å². The van der Waals surface area contributed by atoms with Crippen LogP contribution in [0.5, 0.6) is 11.5 Å². The molecule has 0 spiro atoms. The lowest BCUT2D eigenvalue weighted by atomic mass is 10.0. The molecule has 1 atom stereocenters. The van der Waals surface area contributed by atoms with Crippen LogP contribution < -0.4 is 21.5 Å². The number of imidazole rings is 1. The molecule has 40 heavy (non-hydrogen) atoms. The van der Waals surface area contributed by atoms with E-state index < -0.39 is 5.54 Å². The predicted octanol–water partition coefficient (Wildman–Crippen LogP) is 3.18. The molecule has 0 aliphatic carbocycles. The summed E-state index contributed by atoms with van der Waals surface area (Å²) in [5.74, 6) is 1.11. The van der Waals surface area contributed by atoms with Crippen molar-refractivity contribution >= 4 is 22.9 Å². The molecule has 5 rings (SSSR count). The van der Waals surface area contributed by atoms with Crippen LogP contribution in [0.1, 0.15) is 26.3 Å². The summed E-state index contributed by atoms with van der Waals surface area (Å²) in [6.07, 6.45) is 3.47. The Kier molecular flexibility index (Phi) is 7.11. The Bertz CT molecular complexity index is 1680. The van der Waals surface area contributed by atoms with Crippen LogP contribution in [-0.2, 0) is 4.79 Å². The largest absolute Gasteiger partial charge is 0.457 e.